The molecule has 0 aliphatic rings. The van der Waals surface area contributed by atoms with Crippen molar-refractivity contribution in [1.82, 2.24) is 5.32 Å². The van der Waals surface area contributed by atoms with Crippen LogP contribution in [0.5, 0.6) is 0 Å². The molecule has 4 heteroatoms. The van der Waals surface area contributed by atoms with Gasteiger partial charge in [-0.1, -0.05) is 186 Å². The molecule has 0 aromatic heterocycles. The standard InChI is InChI=1S/C39H75NO3/c1-3-5-7-9-11-13-15-17-19-21-23-25-27-29-31-33-35-39(43)40-37(36-41)38(42)34-32-30-28-26-24-22-20-18-16-14-12-10-8-6-4-2/h24,26,32,34,37-38,41-42H,3-23,25,27-31,33,35-36H2,1-2H3,(H,40,43)/b26-24+,34-32+/t37-,38+/m0/s1. The van der Waals surface area contributed by atoms with E-state index in [4.69, 9.17) is 0 Å². The minimum absolute atomic E-state index is 0.0729. The van der Waals surface area contributed by atoms with E-state index in [0.29, 0.717) is 6.42 Å². The molecule has 3 N–H and O–H groups in total. The first-order chi connectivity index (χ1) is 21.2. The van der Waals surface area contributed by atoms with Crippen LogP contribution in [0.3, 0.4) is 0 Å². The van der Waals surface area contributed by atoms with Gasteiger partial charge in [0.2, 0.25) is 5.91 Å². The summed E-state index contributed by atoms with van der Waals surface area (Å²) >= 11 is 0. The van der Waals surface area contributed by atoms with E-state index >= 15 is 0 Å². The zero-order valence-corrected chi connectivity index (χ0v) is 29.0. The fraction of sp³-hybridized carbons (Fsp3) is 0.872. The number of unbranched alkanes of at least 4 members (excludes halogenated alkanes) is 25. The second kappa shape index (κ2) is 35.4. The van der Waals surface area contributed by atoms with E-state index in [9.17, 15) is 15.0 Å². The Balaban J connectivity index is 3.63. The van der Waals surface area contributed by atoms with Crippen molar-refractivity contribution in [2.45, 2.75) is 212 Å². The van der Waals surface area contributed by atoms with Crippen LogP contribution in [0.15, 0.2) is 24.3 Å². The number of rotatable bonds is 34. The monoisotopic (exact) mass is 606 g/mol. The summed E-state index contributed by atoms with van der Waals surface area (Å²) in [5.74, 6) is -0.0729. The summed E-state index contributed by atoms with van der Waals surface area (Å²) in [6.07, 6.45) is 44.1. The van der Waals surface area contributed by atoms with Crippen molar-refractivity contribution in [3.05, 3.63) is 24.3 Å². The number of aliphatic hydroxyl groups excluding tert-OH is 2. The summed E-state index contributed by atoms with van der Waals surface area (Å²) in [7, 11) is 0. The average Bonchev–Trinajstić information content (AvgIpc) is 3.01. The SMILES string of the molecule is CCCCCCCCCCC/C=C/CC/C=C/[C@@H](O)[C@H](CO)NC(=O)CCCCCCCCCCCCCCCCCC. The second-order valence-electron chi connectivity index (χ2n) is 13.0. The Morgan fingerprint density at radius 2 is 0.907 bits per heavy atom. The Kier molecular flexibility index (Phi) is 34.4. The average molecular weight is 606 g/mol. The van der Waals surface area contributed by atoms with Gasteiger partial charge in [0.05, 0.1) is 18.8 Å². The molecule has 0 radical (unpaired) electrons. The van der Waals surface area contributed by atoms with Gasteiger partial charge in [0, 0.05) is 6.42 Å². The van der Waals surface area contributed by atoms with E-state index in [2.05, 4.69) is 31.3 Å². The summed E-state index contributed by atoms with van der Waals surface area (Å²) in [6, 6.07) is -0.632. The minimum atomic E-state index is -0.856. The van der Waals surface area contributed by atoms with Gasteiger partial charge in [0.15, 0.2) is 0 Å². The second-order valence-corrected chi connectivity index (χ2v) is 13.0. The van der Waals surface area contributed by atoms with E-state index in [1.807, 2.05) is 6.08 Å². The molecule has 2 atom stereocenters. The summed E-state index contributed by atoms with van der Waals surface area (Å²) in [5.41, 5.74) is 0. The van der Waals surface area contributed by atoms with Gasteiger partial charge in [-0.15, -0.1) is 0 Å². The van der Waals surface area contributed by atoms with Crippen molar-refractivity contribution in [1.29, 1.82) is 0 Å². The van der Waals surface area contributed by atoms with E-state index in [-0.39, 0.29) is 12.5 Å². The molecule has 0 fully saturated rings. The first kappa shape index (κ1) is 41.9. The quantitative estimate of drug-likeness (QED) is 0.0505. The van der Waals surface area contributed by atoms with Gasteiger partial charge in [-0.25, -0.2) is 0 Å². The number of carbonyl (C=O) groups is 1. The Bertz CT molecular complexity index is 618. The Labute approximate surface area is 269 Å². The highest BCUT2D eigenvalue weighted by molar-refractivity contribution is 5.76. The normalized spacial score (nSPS) is 13.3. The highest BCUT2D eigenvalue weighted by Gasteiger charge is 2.17. The van der Waals surface area contributed by atoms with Crippen molar-refractivity contribution in [2.24, 2.45) is 0 Å². The van der Waals surface area contributed by atoms with Gasteiger partial charge in [0.25, 0.3) is 0 Å². The van der Waals surface area contributed by atoms with Crippen molar-refractivity contribution >= 4 is 5.91 Å². The predicted molar refractivity (Wildman–Crippen MR) is 189 cm³/mol. The van der Waals surface area contributed by atoms with Crippen LogP contribution < -0.4 is 5.32 Å². The molecular weight excluding hydrogens is 530 g/mol. The molecule has 0 rings (SSSR count). The molecule has 0 aliphatic carbocycles. The number of hydrogen-bond acceptors (Lipinski definition) is 3. The maximum atomic E-state index is 12.3. The molecule has 0 unspecified atom stereocenters. The lowest BCUT2D eigenvalue weighted by molar-refractivity contribution is -0.123. The van der Waals surface area contributed by atoms with Gasteiger partial charge in [-0.05, 0) is 32.1 Å². The summed E-state index contributed by atoms with van der Waals surface area (Å²) in [5, 5.41) is 22.9. The van der Waals surface area contributed by atoms with Crippen LogP contribution in [0.4, 0.5) is 0 Å². The van der Waals surface area contributed by atoms with E-state index in [1.54, 1.807) is 6.08 Å². The first-order valence-electron chi connectivity index (χ1n) is 19.1. The number of hydrogen-bond donors (Lipinski definition) is 3. The van der Waals surface area contributed by atoms with Crippen LogP contribution in [0, 0.1) is 0 Å². The van der Waals surface area contributed by atoms with Gasteiger partial charge in [0.1, 0.15) is 0 Å². The smallest absolute Gasteiger partial charge is 0.220 e. The summed E-state index contributed by atoms with van der Waals surface area (Å²) in [6.45, 7) is 4.29. The Morgan fingerprint density at radius 3 is 1.35 bits per heavy atom. The van der Waals surface area contributed by atoms with Crippen LogP contribution in [0.1, 0.15) is 200 Å². The molecule has 0 aromatic rings. The van der Waals surface area contributed by atoms with Gasteiger partial charge in [-0.3, -0.25) is 4.79 Å². The molecule has 43 heavy (non-hydrogen) atoms. The highest BCUT2D eigenvalue weighted by Crippen LogP contribution is 2.14. The summed E-state index contributed by atoms with van der Waals surface area (Å²) < 4.78 is 0. The number of aliphatic hydroxyl groups is 2. The van der Waals surface area contributed by atoms with E-state index < -0.39 is 12.1 Å². The van der Waals surface area contributed by atoms with Gasteiger partial charge < -0.3 is 15.5 Å². The van der Waals surface area contributed by atoms with E-state index in [0.717, 1.165) is 32.1 Å². The molecule has 0 bridgehead atoms. The number of nitrogens with one attached hydrogen (secondary N) is 1. The number of carbonyl (C=O) groups excluding carboxylic acids is 1. The van der Waals surface area contributed by atoms with Crippen molar-refractivity contribution in [3.63, 3.8) is 0 Å². The molecule has 0 saturated carbocycles. The molecule has 0 saturated heterocycles. The zero-order chi connectivity index (χ0) is 31.5. The lowest BCUT2D eigenvalue weighted by Gasteiger charge is -2.19. The molecule has 4 nitrogen and oxygen atoms in total. The van der Waals surface area contributed by atoms with Gasteiger partial charge >= 0.3 is 0 Å². The lowest BCUT2D eigenvalue weighted by Crippen LogP contribution is -2.45. The highest BCUT2D eigenvalue weighted by atomic mass is 16.3. The molecule has 0 aliphatic heterocycles. The van der Waals surface area contributed by atoms with Crippen LogP contribution in [0.2, 0.25) is 0 Å². The van der Waals surface area contributed by atoms with Crippen molar-refractivity contribution in [2.75, 3.05) is 6.61 Å². The Hall–Kier alpha value is -1.13. The third kappa shape index (κ3) is 32.1. The molecule has 1 amide bonds. The van der Waals surface area contributed by atoms with Crippen molar-refractivity contribution < 1.29 is 15.0 Å². The third-order valence-corrected chi connectivity index (χ3v) is 8.69. The van der Waals surface area contributed by atoms with E-state index in [1.165, 1.54) is 148 Å². The fourth-order valence-electron chi connectivity index (χ4n) is 5.72. The van der Waals surface area contributed by atoms with Crippen LogP contribution in [0.25, 0.3) is 0 Å². The van der Waals surface area contributed by atoms with Crippen LogP contribution >= 0.6 is 0 Å². The summed E-state index contributed by atoms with van der Waals surface area (Å²) in [4.78, 5) is 12.3. The molecule has 0 aromatic carbocycles. The topological polar surface area (TPSA) is 69.6 Å². The predicted octanol–water partition coefficient (Wildman–Crippen LogP) is 11.3. The minimum Gasteiger partial charge on any atom is -0.394 e. The molecule has 0 heterocycles. The zero-order valence-electron chi connectivity index (χ0n) is 29.0. The maximum absolute atomic E-state index is 12.3. The van der Waals surface area contributed by atoms with Gasteiger partial charge in [-0.2, -0.15) is 0 Å². The largest absolute Gasteiger partial charge is 0.394 e. The molecule has 0 spiro atoms. The van der Waals surface area contributed by atoms with Crippen LogP contribution in [-0.4, -0.2) is 34.9 Å². The van der Waals surface area contributed by atoms with Crippen LogP contribution in [-0.2, 0) is 4.79 Å². The fourth-order valence-corrected chi connectivity index (χ4v) is 5.72. The third-order valence-electron chi connectivity index (χ3n) is 8.69. The molecule has 254 valence electrons. The first-order valence-corrected chi connectivity index (χ1v) is 19.1. The maximum Gasteiger partial charge on any atom is 0.220 e. The number of amides is 1. The lowest BCUT2D eigenvalue weighted by atomic mass is 10.0. The van der Waals surface area contributed by atoms with Crippen molar-refractivity contribution in [3.8, 4) is 0 Å². The molecular formula is C39H75NO3. The number of allylic oxidation sites excluding steroid dienone is 3. The Morgan fingerprint density at radius 1 is 0.535 bits per heavy atom.